The van der Waals surface area contributed by atoms with E-state index in [1.807, 2.05) is 31.1 Å². The zero-order chi connectivity index (χ0) is 15.8. The highest BCUT2D eigenvalue weighted by molar-refractivity contribution is 7.99. The van der Waals surface area contributed by atoms with Gasteiger partial charge in [-0.15, -0.1) is 23.1 Å². The second-order valence-electron chi connectivity index (χ2n) is 4.71. The molecule has 0 saturated heterocycles. The van der Waals surface area contributed by atoms with Crippen molar-refractivity contribution in [3.63, 3.8) is 0 Å². The predicted molar refractivity (Wildman–Crippen MR) is 88.3 cm³/mol. The fourth-order valence-corrected chi connectivity index (χ4v) is 3.66. The summed E-state index contributed by atoms with van der Waals surface area (Å²) < 4.78 is 0.732. The molecule has 0 aliphatic heterocycles. The molecule has 1 rings (SSSR count). The van der Waals surface area contributed by atoms with Gasteiger partial charge in [0.15, 0.2) is 0 Å². The lowest BCUT2D eigenvalue weighted by molar-refractivity contribution is -0.143. The molecule has 1 N–H and O–H groups in total. The van der Waals surface area contributed by atoms with Gasteiger partial charge in [-0.25, -0.2) is 0 Å². The predicted octanol–water partition coefficient (Wildman–Crippen LogP) is 2.11. The summed E-state index contributed by atoms with van der Waals surface area (Å²) in [5, 5.41) is 8.88. The maximum Gasteiger partial charge on any atom is 0.323 e. The van der Waals surface area contributed by atoms with Crippen LogP contribution < -0.4 is 0 Å². The summed E-state index contributed by atoms with van der Waals surface area (Å²) in [6.07, 6.45) is 0. The first kappa shape index (κ1) is 18.3. The van der Waals surface area contributed by atoms with Crippen molar-refractivity contribution in [1.82, 2.24) is 9.80 Å². The van der Waals surface area contributed by atoms with Gasteiger partial charge in [-0.1, -0.05) is 11.6 Å². The van der Waals surface area contributed by atoms with E-state index in [0.29, 0.717) is 18.8 Å². The number of amides is 1. The summed E-state index contributed by atoms with van der Waals surface area (Å²) in [6.45, 7) is 0.811. The Balaban J connectivity index is 2.41. The van der Waals surface area contributed by atoms with E-state index in [0.717, 1.165) is 9.21 Å². The van der Waals surface area contributed by atoms with Crippen molar-refractivity contribution in [2.75, 3.05) is 39.5 Å². The van der Waals surface area contributed by atoms with Crippen molar-refractivity contribution in [1.29, 1.82) is 0 Å². The molecule has 5 nitrogen and oxygen atoms in total. The number of rotatable bonds is 9. The Bertz CT molecular complexity index is 480. The van der Waals surface area contributed by atoms with E-state index in [1.54, 1.807) is 0 Å². The number of carboxylic acids is 1. The quantitative estimate of drug-likeness (QED) is 0.739. The fourth-order valence-electron chi connectivity index (χ4n) is 1.54. The lowest BCUT2D eigenvalue weighted by Crippen LogP contribution is -2.40. The zero-order valence-electron chi connectivity index (χ0n) is 12.0. The Morgan fingerprint density at radius 2 is 2.05 bits per heavy atom. The van der Waals surface area contributed by atoms with Crippen LogP contribution in [0.4, 0.5) is 0 Å². The van der Waals surface area contributed by atoms with Crippen LogP contribution in [0.5, 0.6) is 0 Å². The zero-order valence-corrected chi connectivity index (χ0v) is 14.4. The van der Waals surface area contributed by atoms with Crippen LogP contribution in [0.2, 0.25) is 4.34 Å². The van der Waals surface area contributed by atoms with Crippen LogP contribution in [0.3, 0.4) is 0 Å². The average molecular weight is 351 g/mol. The third-order valence-corrected chi connectivity index (χ3v) is 4.97. The van der Waals surface area contributed by atoms with Crippen LogP contribution in [-0.2, 0) is 15.3 Å². The van der Waals surface area contributed by atoms with Crippen LogP contribution in [0, 0.1) is 0 Å². The molecule has 0 spiro atoms. The van der Waals surface area contributed by atoms with Gasteiger partial charge < -0.3 is 14.9 Å². The molecule has 0 aliphatic rings. The number of carbonyl (C=O) groups is 2. The first-order valence-electron chi connectivity index (χ1n) is 6.34. The molecule has 1 aromatic heterocycles. The average Bonchev–Trinajstić information content (AvgIpc) is 2.79. The highest BCUT2D eigenvalue weighted by Gasteiger charge is 2.16. The number of carboxylic acid groups (broad SMARTS) is 1. The fraction of sp³-hybridized carbons (Fsp3) is 0.538. The molecule has 0 unspecified atom stereocenters. The van der Waals surface area contributed by atoms with Gasteiger partial charge in [-0.2, -0.15) is 0 Å². The molecule has 1 amide bonds. The Hall–Kier alpha value is -0.760. The SMILES string of the molecule is CN(C)CCN(CC(=O)O)C(=O)CSCc1ccc(Cl)s1. The molecule has 0 atom stereocenters. The molecule has 0 saturated carbocycles. The molecule has 21 heavy (non-hydrogen) atoms. The van der Waals surface area contributed by atoms with Crippen LogP contribution in [0.15, 0.2) is 12.1 Å². The lowest BCUT2D eigenvalue weighted by Gasteiger charge is -2.22. The van der Waals surface area contributed by atoms with Gasteiger partial charge in [0.1, 0.15) is 6.54 Å². The number of nitrogens with zero attached hydrogens (tertiary/aromatic N) is 2. The van der Waals surface area contributed by atoms with Crippen molar-refractivity contribution in [2.24, 2.45) is 0 Å². The van der Waals surface area contributed by atoms with Gasteiger partial charge in [0.25, 0.3) is 0 Å². The normalized spacial score (nSPS) is 10.9. The van der Waals surface area contributed by atoms with Crippen LogP contribution in [-0.4, -0.2) is 66.3 Å². The number of hydrogen-bond donors (Lipinski definition) is 1. The maximum absolute atomic E-state index is 12.1. The molecule has 0 aliphatic carbocycles. The van der Waals surface area contributed by atoms with Crippen molar-refractivity contribution in [2.45, 2.75) is 5.75 Å². The van der Waals surface area contributed by atoms with Gasteiger partial charge in [-0.05, 0) is 26.2 Å². The molecule has 1 aromatic rings. The maximum atomic E-state index is 12.1. The molecule has 8 heteroatoms. The number of carbonyl (C=O) groups excluding carboxylic acids is 1. The molecular weight excluding hydrogens is 332 g/mol. The second kappa shape index (κ2) is 9.30. The van der Waals surface area contributed by atoms with Gasteiger partial charge in [0.05, 0.1) is 10.1 Å². The van der Waals surface area contributed by atoms with E-state index >= 15 is 0 Å². The minimum Gasteiger partial charge on any atom is -0.480 e. The summed E-state index contributed by atoms with van der Waals surface area (Å²) in [5.74, 6) is -0.155. The number of halogens is 1. The van der Waals surface area contributed by atoms with E-state index in [1.165, 1.54) is 28.0 Å². The number of aliphatic carboxylic acids is 1. The van der Waals surface area contributed by atoms with E-state index < -0.39 is 5.97 Å². The Morgan fingerprint density at radius 1 is 1.33 bits per heavy atom. The summed E-state index contributed by atoms with van der Waals surface area (Å²) in [7, 11) is 3.78. The third-order valence-electron chi connectivity index (χ3n) is 2.59. The molecule has 0 aromatic carbocycles. The monoisotopic (exact) mass is 350 g/mol. The molecular formula is C13H19ClN2O3S2. The standard InChI is InChI=1S/C13H19ClN2O3S2/c1-15(2)5-6-16(7-13(18)19)12(17)9-20-8-10-3-4-11(14)21-10/h3-4H,5-9H2,1-2H3,(H,18,19). The Kier molecular flexibility index (Phi) is 8.10. The number of likely N-dealkylation sites (N-methyl/N-ethyl adjacent to an activating group) is 1. The van der Waals surface area contributed by atoms with E-state index in [-0.39, 0.29) is 18.2 Å². The van der Waals surface area contributed by atoms with Crippen LogP contribution in [0.1, 0.15) is 4.88 Å². The first-order valence-corrected chi connectivity index (χ1v) is 8.69. The van der Waals surface area contributed by atoms with Gasteiger partial charge in [0.2, 0.25) is 5.91 Å². The highest BCUT2D eigenvalue weighted by Crippen LogP contribution is 2.25. The van der Waals surface area contributed by atoms with Crippen molar-refractivity contribution in [3.8, 4) is 0 Å². The van der Waals surface area contributed by atoms with E-state index in [4.69, 9.17) is 16.7 Å². The molecule has 0 bridgehead atoms. The largest absolute Gasteiger partial charge is 0.480 e. The van der Waals surface area contributed by atoms with Crippen LogP contribution in [0.25, 0.3) is 0 Å². The minimum atomic E-state index is -0.989. The summed E-state index contributed by atoms with van der Waals surface area (Å²) >= 11 is 8.81. The Morgan fingerprint density at radius 3 is 2.57 bits per heavy atom. The molecule has 0 radical (unpaired) electrons. The number of thioether (sulfide) groups is 1. The lowest BCUT2D eigenvalue weighted by atomic mass is 10.4. The first-order chi connectivity index (χ1) is 9.88. The summed E-state index contributed by atoms with van der Waals surface area (Å²) in [5.41, 5.74) is 0. The smallest absolute Gasteiger partial charge is 0.323 e. The third kappa shape index (κ3) is 7.71. The highest BCUT2D eigenvalue weighted by atomic mass is 35.5. The number of hydrogen-bond acceptors (Lipinski definition) is 5. The van der Waals surface area contributed by atoms with Gasteiger partial charge in [0, 0.05) is 23.7 Å². The van der Waals surface area contributed by atoms with Gasteiger partial charge >= 0.3 is 5.97 Å². The summed E-state index contributed by atoms with van der Waals surface area (Å²) in [6, 6.07) is 3.77. The molecule has 0 fully saturated rings. The number of thiophene rings is 1. The van der Waals surface area contributed by atoms with Crippen LogP contribution >= 0.6 is 34.7 Å². The van der Waals surface area contributed by atoms with E-state index in [9.17, 15) is 9.59 Å². The second-order valence-corrected chi connectivity index (χ2v) is 7.50. The van der Waals surface area contributed by atoms with Crippen molar-refractivity contribution < 1.29 is 14.7 Å². The molecule has 1 heterocycles. The van der Waals surface area contributed by atoms with E-state index in [2.05, 4.69) is 0 Å². The van der Waals surface area contributed by atoms with Gasteiger partial charge in [-0.3, -0.25) is 9.59 Å². The summed E-state index contributed by atoms with van der Waals surface area (Å²) in [4.78, 5) is 27.3. The van der Waals surface area contributed by atoms with Crippen molar-refractivity contribution in [3.05, 3.63) is 21.3 Å². The molecule has 118 valence electrons. The van der Waals surface area contributed by atoms with Crippen molar-refractivity contribution >= 4 is 46.6 Å². The minimum absolute atomic E-state index is 0.146. The topological polar surface area (TPSA) is 60.9 Å². The Labute approximate surface area is 137 Å².